The topological polar surface area (TPSA) is 133 Å². The van der Waals surface area contributed by atoms with Gasteiger partial charge in [0.15, 0.2) is 0 Å². The van der Waals surface area contributed by atoms with Crippen LogP contribution in [0.2, 0.25) is 0 Å². The van der Waals surface area contributed by atoms with Crippen LogP contribution in [0.3, 0.4) is 0 Å². The minimum atomic E-state index is -5.08. The lowest BCUT2D eigenvalue weighted by molar-refractivity contribution is -0.192. The van der Waals surface area contributed by atoms with Crippen LogP contribution in [0.5, 0.6) is 0 Å². The fourth-order valence-electron chi connectivity index (χ4n) is 4.03. The van der Waals surface area contributed by atoms with Crippen molar-refractivity contribution < 1.29 is 41.1 Å². The lowest BCUT2D eigenvalue weighted by atomic mass is 9.96. The number of nitrogens with one attached hydrogen (secondary N) is 2. The molecular formula is C28H36F3N3O6S. The minimum absolute atomic E-state index is 0.00122. The highest BCUT2D eigenvalue weighted by Crippen LogP contribution is 2.22. The van der Waals surface area contributed by atoms with Gasteiger partial charge in [0.25, 0.3) is 15.9 Å². The smallest absolute Gasteiger partial charge is 0.475 e. The van der Waals surface area contributed by atoms with Gasteiger partial charge in [0.05, 0.1) is 10.8 Å². The number of benzene rings is 2. The molecule has 0 bridgehead atoms. The molecule has 13 heteroatoms. The van der Waals surface area contributed by atoms with Crippen LogP contribution < -0.4 is 10.0 Å². The van der Waals surface area contributed by atoms with E-state index in [1.54, 1.807) is 41.3 Å². The molecule has 41 heavy (non-hydrogen) atoms. The number of carbonyl (C=O) groups excluding carboxylic acids is 2. The van der Waals surface area contributed by atoms with E-state index in [4.69, 9.17) is 9.90 Å². The Balaban J connectivity index is 0.000000745. The summed E-state index contributed by atoms with van der Waals surface area (Å²) in [4.78, 5) is 36.2. The highest BCUT2D eigenvalue weighted by Gasteiger charge is 2.38. The molecule has 1 aliphatic heterocycles. The van der Waals surface area contributed by atoms with Gasteiger partial charge in [-0.05, 0) is 67.1 Å². The number of carbonyl (C=O) groups is 3. The Morgan fingerprint density at radius 1 is 1.05 bits per heavy atom. The van der Waals surface area contributed by atoms with E-state index < -0.39 is 22.2 Å². The first-order chi connectivity index (χ1) is 19.1. The molecule has 9 nitrogen and oxygen atoms in total. The van der Waals surface area contributed by atoms with Gasteiger partial charge >= 0.3 is 12.1 Å². The molecule has 2 amide bonds. The largest absolute Gasteiger partial charge is 0.490 e. The number of rotatable bonds is 9. The number of piperidine rings is 1. The minimum Gasteiger partial charge on any atom is -0.475 e. The maximum absolute atomic E-state index is 13.0. The molecule has 1 heterocycles. The van der Waals surface area contributed by atoms with E-state index in [-0.39, 0.29) is 22.6 Å². The fourth-order valence-corrected chi connectivity index (χ4v) is 5.08. The second kappa shape index (κ2) is 14.9. The average Bonchev–Trinajstić information content (AvgIpc) is 2.92. The van der Waals surface area contributed by atoms with Crippen LogP contribution in [-0.4, -0.2) is 62.0 Å². The third kappa shape index (κ3) is 10.7. The molecule has 1 unspecified atom stereocenters. The van der Waals surface area contributed by atoms with Crippen molar-refractivity contribution in [1.82, 2.24) is 10.2 Å². The number of amides is 2. The molecule has 226 valence electrons. The van der Waals surface area contributed by atoms with Crippen molar-refractivity contribution in [2.45, 2.75) is 57.5 Å². The average molecular weight is 600 g/mol. The van der Waals surface area contributed by atoms with Crippen LogP contribution in [0.25, 0.3) is 0 Å². The van der Waals surface area contributed by atoms with Crippen molar-refractivity contribution in [3.05, 3.63) is 59.7 Å². The maximum atomic E-state index is 13.0. The Morgan fingerprint density at radius 2 is 1.63 bits per heavy atom. The highest BCUT2D eigenvalue weighted by molar-refractivity contribution is 7.92. The number of aryl methyl sites for hydroxylation is 1. The normalized spacial score (nSPS) is 15.5. The van der Waals surface area contributed by atoms with Crippen LogP contribution in [-0.2, 0) is 26.0 Å². The van der Waals surface area contributed by atoms with Gasteiger partial charge in [-0.25, -0.2) is 13.2 Å². The molecule has 1 aliphatic rings. The molecule has 0 radical (unpaired) electrons. The molecule has 1 fully saturated rings. The molecule has 0 saturated carbocycles. The van der Waals surface area contributed by atoms with Gasteiger partial charge in [0, 0.05) is 30.9 Å². The molecule has 3 rings (SSSR count). The quantitative estimate of drug-likeness (QED) is 0.383. The van der Waals surface area contributed by atoms with Crippen molar-refractivity contribution in [2.75, 3.05) is 24.4 Å². The number of nitrogens with zero attached hydrogens (tertiary/aromatic N) is 1. The second-order valence-electron chi connectivity index (χ2n) is 10.1. The Labute approximate surface area is 238 Å². The molecular weight excluding hydrogens is 563 g/mol. The Morgan fingerprint density at radius 3 is 2.15 bits per heavy atom. The first kappa shape index (κ1) is 33.6. The summed E-state index contributed by atoms with van der Waals surface area (Å²) in [5, 5.41) is 10.1. The number of alkyl halides is 3. The molecule has 0 spiro atoms. The van der Waals surface area contributed by atoms with Gasteiger partial charge in [-0.3, -0.25) is 14.3 Å². The van der Waals surface area contributed by atoms with E-state index >= 15 is 0 Å². The zero-order valence-electron chi connectivity index (χ0n) is 23.2. The van der Waals surface area contributed by atoms with Crippen molar-refractivity contribution in [3.8, 4) is 0 Å². The van der Waals surface area contributed by atoms with Crippen molar-refractivity contribution in [1.29, 1.82) is 0 Å². The monoisotopic (exact) mass is 599 g/mol. The van der Waals surface area contributed by atoms with Gasteiger partial charge in [0.2, 0.25) is 5.91 Å². The third-order valence-electron chi connectivity index (χ3n) is 6.16. The Kier molecular flexibility index (Phi) is 12.2. The summed E-state index contributed by atoms with van der Waals surface area (Å²) >= 11 is 0. The number of carboxylic acids is 1. The summed E-state index contributed by atoms with van der Waals surface area (Å²) in [6.07, 6.45) is -1.63. The second-order valence-corrected chi connectivity index (χ2v) is 11.8. The van der Waals surface area contributed by atoms with Crippen LogP contribution in [0.15, 0.2) is 53.4 Å². The summed E-state index contributed by atoms with van der Waals surface area (Å²) in [5.74, 6) is -2.73. The first-order valence-corrected chi connectivity index (χ1v) is 14.7. The first-order valence-electron chi connectivity index (χ1n) is 13.2. The molecule has 0 aliphatic carbocycles. The van der Waals surface area contributed by atoms with E-state index in [2.05, 4.69) is 17.0 Å². The van der Waals surface area contributed by atoms with Gasteiger partial charge in [-0.1, -0.05) is 39.3 Å². The Bertz CT molecular complexity index is 1280. The highest BCUT2D eigenvalue weighted by atomic mass is 32.2. The number of likely N-dealkylation sites (tertiary alicyclic amines) is 1. The van der Waals surface area contributed by atoms with E-state index in [1.165, 1.54) is 0 Å². The lowest BCUT2D eigenvalue weighted by Gasteiger charge is -2.32. The number of halogens is 3. The molecule has 3 N–H and O–H groups in total. The molecule has 2 aromatic rings. The van der Waals surface area contributed by atoms with Crippen molar-refractivity contribution >= 4 is 33.5 Å². The SMILES string of the molecule is CCCc1ccc(S(=O)(=O)Nc2ccc(C(=O)N3CCCC(C(=O)NCC(C)C)C3)cc2)cc1.O=C(O)C(F)(F)F. The summed E-state index contributed by atoms with van der Waals surface area (Å²) < 4.78 is 59.7. The van der Waals surface area contributed by atoms with E-state index in [1.807, 2.05) is 26.0 Å². The van der Waals surface area contributed by atoms with Gasteiger partial charge in [-0.2, -0.15) is 13.2 Å². The van der Waals surface area contributed by atoms with Crippen molar-refractivity contribution in [3.63, 3.8) is 0 Å². The van der Waals surface area contributed by atoms with Gasteiger partial charge in [-0.15, -0.1) is 0 Å². The van der Waals surface area contributed by atoms with Gasteiger partial charge < -0.3 is 15.3 Å². The summed E-state index contributed by atoms with van der Waals surface area (Å²) in [7, 11) is -3.72. The fraction of sp³-hybridized carbons (Fsp3) is 0.464. The van der Waals surface area contributed by atoms with E-state index in [0.717, 1.165) is 31.2 Å². The Hall–Kier alpha value is -3.61. The zero-order chi connectivity index (χ0) is 30.8. The van der Waals surface area contributed by atoms with Crippen molar-refractivity contribution in [2.24, 2.45) is 11.8 Å². The number of aliphatic carboxylic acids is 1. The number of carboxylic acid groups (broad SMARTS) is 1. The lowest BCUT2D eigenvalue weighted by Crippen LogP contribution is -2.46. The van der Waals surface area contributed by atoms with Gasteiger partial charge in [0.1, 0.15) is 0 Å². The number of hydrogen-bond donors (Lipinski definition) is 3. The predicted octanol–water partition coefficient (Wildman–Crippen LogP) is 4.70. The van der Waals surface area contributed by atoms with Crippen LogP contribution in [0.1, 0.15) is 56.0 Å². The molecule has 1 atom stereocenters. The summed E-state index contributed by atoms with van der Waals surface area (Å²) in [5.41, 5.74) is 1.95. The number of anilines is 1. The standard InChI is InChI=1S/C26H35N3O4S.C2HF3O2/c1-4-6-20-8-14-24(15-9-20)34(32,33)28-23-12-10-21(11-13-23)26(31)29-16-5-7-22(18-29)25(30)27-17-19(2)3;3-2(4,5)1(6)7/h8-15,19,22,28H,4-7,16-18H2,1-3H3,(H,27,30);(H,6,7). The summed E-state index contributed by atoms with van der Waals surface area (Å²) in [6.45, 7) is 7.80. The predicted molar refractivity (Wildman–Crippen MR) is 148 cm³/mol. The van der Waals surface area contributed by atoms with E-state index in [9.17, 15) is 31.2 Å². The molecule has 2 aromatic carbocycles. The third-order valence-corrected chi connectivity index (χ3v) is 7.56. The number of hydrogen-bond acceptors (Lipinski definition) is 5. The maximum Gasteiger partial charge on any atom is 0.490 e. The van der Waals surface area contributed by atoms with Crippen LogP contribution >= 0.6 is 0 Å². The summed E-state index contributed by atoms with van der Waals surface area (Å²) in [6, 6.07) is 13.3. The number of sulfonamides is 1. The zero-order valence-corrected chi connectivity index (χ0v) is 24.0. The van der Waals surface area contributed by atoms with Crippen LogP contribution in [0, 0.1) is 11.8 Å². The van der Waals surface area contributed by atoms with E-state index in [0.29, 0.717) is 36.8 Å². The van der Waals surface area contributed by atoms with Crippen LogP contribution in [0.4, 0.5) is 18.9 Å². The molecule has 1 saturated heterocycles. The molecule has 0 aromatic heterocycles.